The number of benzene rings is 1. The van der Waals surface area contributed by atoms with Crippen LogP contribution >= 0.6 is 11.8 Å². The summed E-state index contributed by atoms with van der Waals surface area (Å²) in [6.07, 6.45) is 1.94. The van der Waals surface area contributed by atoms with E-state index in [2.05, 4.69) is 42.0 Å². The predicted molar refractivity (Wildman–Crippen MR) is 73.1 cm³/mol. The van der Waals surface area contributed by atoms with Gasteiger partial charge in [0.1, 0.15) is 5.82 Å². The first-order valence-electron chi connectivity index (χ1n) is 5.36. The molecule has 3 nitrogen and oxygen atoms in total. The van der Waals surface area contributed by atoms with E-state index in [1.165, 1.54) is 22.9 Å². The van der Waals surface area contributed by atoms with Gasteiger partial charge in [0.15, 0.2) is 5.16 Å². The predicted octanol–water partition coefficient (Wildman–Crippen LogP) is 3.06. The Bertz CT molecular complexity index is 552. The summed E-state index contributed by atoms with van der Waals surface area (Å²) in [4.78, 5) is 8.61. The van der Waals surface area contributed by atoms with Crippen molar-refractivity contribution in [2.45, 2.75) is 19.0 Å². The second kappa shape index (κ2) is 4.75. The Balaban J connectivity index is 2.52. The highest BCUT2D eigenvalue weighted by atomic mass is 32.2. The maximum absolute atomic E-state index is 5.78. The van der Waals surface area contributed by atoms with Crippen molar-refractivity contribution in [3.63, 3.8) is 0 Å². The third kappa shape index (κ3) is 2.58. The lowest BCUT2D eigenvalue weighted by atomic mass is 10.0. The van der Waals surface area contributed by atoms with Gasteiger partial charge >= 0.3 is 0 Å². The van der Waals surface area contributed by atoms with Gasteiger partial charge in [0, 0.05) is 11.6 Å². The molecule has 1 aromatic heterocycles. The van der Waals surface area contributed by atoms with Gasteiger partial charge in [-0.2, -0.15) is 0 Å². The highest BCUT2D eigenvalue weighted by Gasteiger charge is 2.05. The summed E-state index contributed by atoms with van der Waals surface area (Å²) >= 11 is 1.50. The van der Waals surface area contributed by atoms with Gasteiger partial charge in [-0.3, -0.25) is 0 Å². The molecule has 0 spiro atoms. The molecule has 0 aliphatic rings. The topological polar surface area (TPSA) is 51.8 Å². The fourth-order valence-corrected chi connectivity index (χ4v) is 1.97. The van der Waals surface area contributed by atoms with E-state index >= 15 is 0 Å². The molecule has 2 rings (SSSR count). The van der Waals surface area contributed by atoms with Crippen LogP contribution in [0, 0.1) is 13.8 Å². The second-order valence-electron chi connectivity index (χ2n) is 3.96. The van der Waals surface area contributed by atoms with Crippen molar-refractivity contribution in [3.05, 3.63) is 35.4 Å². The van der Waals surface area contributed by atoms with Crippen molar-refractivity contribution in [1.82, 2.24) is 9.97 Å². The molecule has 0 amide bonds. The Kier molecular flexibility index (Phi) is 3.33. The summed E-state index contributed by atoms with van der Waals surface area (Å²) in [5.41, 5.74) is 10.3. The Morgan fingerprint density at radius 3 is 2.47 bits per heavy atom. The quantitative estimate of drug-likeness (QED) is 0.652. The zero-order valence-electron chi connectivity index (χ0n) is 10.2. The van der Waals surface area contributed by atoms with Crippen molar-refractivity contribution in [1.29, 1.82) is 0 Å². The maximum Gasteiger partial charge on any atom is 0.189 e. The Morgan fingerprint density at radius 2 is 1.82 bits per heavy atom. The fraction of sp³-hybridized carbons (Fsp3) is 0.231. The second-order valence-corrected chi connectivity index (χ2v) is 4.74. The monoisotopic (exact) mass is 245 g/mol. The molecule has 88 valence electrons. The van der Waals surface area contributed by atoms with Crippen molar-refractivity contribution < 1.29 is 0 Å². The van der Waals surface area contributed by atoms with Gasteiger partial charge in [0.25, 0.3) is 0 Å². The smallest absolute Gasteiger partial charge is 0.189 e. The average molecular weight is 245 g/mol. The number of nitrogen functional groups attached to an aromatic ring is 1. The number of thioether (sulfide) groups is 1. The van der Waals surface area contributed by atoms with Crippen LogP contribution in [0.25, 0.3) is 11.3 Å². The van der Waals surface area contributed by atoms with E-state index in [0.717, 1.165) is 11.3 Å². The highest BCUT2D eigenvalue weighted by Crippen LogP contribution is 2.23. The van der Waals surface area contributed by atoms with E-state index in [1.807, 2.05) is 12.3 Å². The van der Waals surface area contributed by atoms with E-state index in [-0.39, 0.29) is 0 Å². The van der Waals surface area contributed by atoms with Crippen molar-refractivity contribution in [3.8, 4) is 11.3 Å². The molecule has 0 aliphatic heterocycles. The third-order valence-electron chi connectivity index (χ3n) is 2.71. The zero-order chi connectivity index (χ0) is 12.4. The van der Waals surface area contributed by atoms with Gasteiger partial charge in [-0.1, -0.05) is 23.9 Å². The SMILES string of the molecule is CSc1nc(N)cc(-c2ccc(C)c(C)c2)n1. The van der Waals surface area contributed by atoms with Crippen LogP contribution in [0.4, 0.5) is 5.82 Å². The Labute approximate surface area is 105 Å². The molecule has 0 saturated heterocycles. The number of nitrogens with two attached hydrogens (primary N) is 1. The van der Waals surface area contributed by atoms with E-state index < -0.39 is 0 Å². The molecule has 0 bridgehead atoms. The lowest BCUT2D eigenvalue weighted by molar-refractivity contribution is 0.985. The molecule has 0 saturated carbocycles. The molecule has 0 atom stereocenters. The van der Waals surface area contributed by atoms with Crippen LogP contribution in [0.15, 0.2) is 29.4 Å². The molecule has 17 heavy (non-hydrogen) atoms. The van der Waals surface area contributed by atoms with E-state index in [1.54, 1.807) is 0 Å². The molecule has 2 N–H and O–H groups in total. The van der Waals surface area contributed by atoms with Gasteiger partial charge in [-0.25, -0.2) is 9.97 Å². The summed E-state index contributed by atoms with van der Waals surface area (Å²) in [7, 11) is 0. The van der Waals surface area contributed by atoms with Crippen molar-refractivity contribution >= 4 is 17.6 Å². The summed E-state index contributed by atoms with van der Waals surface area (Å²) in [6.45, 7) is 4.19. The molecule has 1 heterocycles. The molecule has 2 aromatic rings. The standard InChI is InChI=1S/C13H15N3S/c1-8-4-5-10(6-9(8)2)11-7-12(14)16-13(15-11)17-3/h4-7H,1-3H3,(H2,14,15,16). The van der Waals surface area contributed by atoms with Crippen molar-refractivity contribution in [2.75, 3.05) is 12.0 Å². The lowest BCUT2D eigenvalue weighted by Gasteiger charge is -2.06. The van der Waals surface area contributed by atoms with E-state index in [9.17, 15) is 0 Å². The molecule has 0 aliphatic carbocycles. The summed E-state index contributed by atoms with van der Waals surface area (Å²) in [5.74, 6) is 0.512. The molecule has 0 unspecified atom stereocenters. The average Bonchev–Trinajstić information content (AvgIpc) is 2.32. The number of nitrogens with zero attached hydrogens (tertiary/aromatic N) is 2. The van der Waals surface area contributed by atoms with Gasteiger partial charge in [-0.15, -0.1) is 0 Å². The first kappa shape index (κ1) is 11.9. The van der Waals surface area contributed by atoms with Crippen LogP contribution in [0.5, 0.6) is 0 Å². The van der Waals surface area contributed by atoms with E-state index in [4.69, 9.17) is 5.73 Å². The molecule has 0 radical (unpaired) electrons. The largest absolute Gasteiger partial charge is 0.384 e. The Hall–Kier alpha value is -1.55. The summed E-state index contributed by atoms with van der Waals surface area (Å²) in [5, 5.41) is 0.707. The molecule has 4 heteroatoms. The molecule has 1 aromatic carbocycles. The fourth-order valence-electron chi connectivity index (χ4n) is 1.58. The van der Waals surface area contributed by atoms with Gasteiger partial charge < -0.3 is 5.73 Å². The summed E-state index contributed by atoms with van der Waals surface area (Å²) in [6, 6.07) is 8.10. The van der Waals surface area contributed by atoms with Crippen molar-refractivity contribution in [2.24, 2.45) is 0 Å². The zero-order valence-corrected chi connectivity index (χ0v) is 11.0. The summed E-state index contributed by atoms with van der Waals surface area (Å²) < 4.78 is 0. The minimum absolute atomic E-state index is 0.512. The molecular formula is C13H15N3S. The number of anilines is 1. The van der Waals surface area contributed by atoms with Crippen LogP contribution in [-0.2, 0) is 0 Å². The minimum atomic E-state index is 0.512. The van der Waals surface area contributed by atoms with Gasteiger partial charge in [0.2, 0.25) is 0 Å². The Morgan fingerprint density at radius 1 is 1.06 bits per heavy atom. The number of aromatic nitrogens is 2. The van der Waals surface area contributed by atoms with E-state index in [0.29, 0.717) is 11.0 Å². The van der Waals surface area contributed by atoms with Crippen LogP contribution in [0.2, 0.25) is 0 Å². The third-order valence-corrected chi connectivity index (χ3v) is 3.26. The van der Waals surface area contributed by atoms with Crippen LogP contribution < -0.4 is 5.73 Å². The number of hydrogen-bond donors (Lipinski definition) is 1. The minimum Gasteiger partial charge on any atom is -0.384 e. The first-order valence-corrected chi connectivity index (χ1v) is 6.59. The van der Waals surface area contributed by atoms with Gasteiger partial charge in [0.05, 0.1) is 5.69 Å². The normalized spacial score (nSPS) is 10.5. The maximum atomic E-state index is 5.78. The van der Waals surface area contributed by atoms with Crippen LogP contribution in [0.3, 0.4) is 0 Å². The number of hydrogen-bond acceptors (Lipinski definition) is 4. The first-order chi connectivity index (χ1) is 8.10. The van der Waals surface area contributed by atoms with Crippen LogP contribution in [0.1, 0.15) is 11.1 Å². The number of aryl methyl sites for hydroxylation is 2. The number of rotatable bonds is 2. The molecular weight excluding hydrogens is 230 g/mol. The van der Waals surface area contributed by atoms with Gasteiger partial charge in [-0.05, 0) is 37.3 Å². The van der Waals surface area contributed by atoms with Crippen LogP contribution in [-0.4, -0.2) is 16.2 Å². The molecule has 0 fully saturated rings. The highest BCUT2D eigenvalue weighted by molar-refractivity contribution is 7.98. The lowest BCUT2D eigenvalue weighted by Crippen LogP contribution is -1.96.